The summed E-state index contributed by atoms with van der Waals surface area (Å²) in [7, 11) is 0. The molecule has 0 aliphatic heterocycles. The molecule has 2 unspecified atom stereocenters. The number of carbonyl (C=O) groups is 1. The summed E-state index contributed by atoms with van der Waals surface area (Å²) in [6, 6.07) is 0. The Morgan fingerprint density at radius 2 is 1.27 bits per heavy atom. The second kappa shape index (κ2) is 17.0. The molecule has 0 aromatic carbocycles. The van der Waals surface area contributed by atoms with Crippen LogP contribution in [-0.2, 0) is 28.5 Å². The zero-order chi connectivity index (χ0) is 32.3. The van der Waals surface area contributed by atoms with Crippen LogP contribution in [0, 0.1) is 28.6 Å². The molecule has 6 nitrogen and oxygen atoms in total. The molecule has 0 aromatic heterocycles. The highest BCUT2D eigenvalue weighted by Gasteiger charge is 2.44. The molecule has 0 saturated carbocycles. The second-order valence-corrected chi connectivity index (χ2v) is 15.6. The van der Waals surface area contributed by atoms with Crippen LogP contribution in [0.3, 0.4) is 0 Å². The van der Waals surface area contributed by atoms with Crippen molar-refractivity contribution in [2.45, 2.75) is 159 Å². The monoisotopic (exact) mass is 587 g/mol. The fraction of sp³-hybridized carbons (Fsp3) is 0.971. The van der Waals surface area contributed by atoms with E-state index in [1.165, 1.54) is 0 Å². The van der Waals surface area contributed by atoms with Crippen LogP contribution in [0.4, 0.5) is 0 Å². The first-order valence-electron chi connectivity index (χ1n) is 16.2. The van der Waals surface area contributed by atoms with Gasteiger partial charge in [-0.1, -0.05) is 55.4 Å². The first-order chi connectivity index (χ1) is 18.5. The maximum atomic E-state index is 12.4. The molecular formula is C35H70O6. The van der Waals surface area contributed by atoms with E-state index in [1.807, 2.05) is 6.92 Å². The fourth-order valence-corrected chi connectivity index (χ4v) is 4.57. The van der Waals surface area contributed by atoms with E-state index in [4.69, 9.17) is 23.7 Å². The summed E-state index contributed by atoms with van der Waals surface area (Å²) < 4.78 is 30.5. The van der Waals surface area contributed by atoms with Gasteiger partial charge in [0.05, 0.1) is 48.6 Å². The average molecular weight is 587 g/mol. The van der Waals surface area contributed by atoms with Gasteiger partial charge in [-0.3, -0.25) is 4.79 Å². The van der Waals surface area contributed by atoms with Crippen molar-refractivity contribution in [2.75, 3.05) is 33.0 Å². The molecule has 0 bridgehead atoms. The smallest absolute Gasteiger partial charge is 0.309 e. The largest absolute Gasteiger partial charge is 0.463 e. The van der Waals surface area contributed by atoms with E-state index in [-0.39, 0.29) is 58.1 Å². The molecule has 0 fully saturated rings. The highest BCUT2D eigenvalue weighted by atomic mass is 16.6. The molecule has 2 atom stereocenters. The maximum absolute atomic E-state index is 12.4. The van der Waals surface area contributed by atoms with Gasteiger partial charge in [0.1, 0.15) is 6.61 Å². The lowest BCUT2D eigenvalue weighted by atomic mass is 9.68. The van der Waals surface area contributed by atoms with Crippen molar-refractivity contribution in [3.8, 4) is 0 Å². The van der Waals surface area contributed by atoms with Gasteiger partial charge >= 0.3 is 5.97 Å². The van der Waals surface area contributed by atoms with E-state index in [2.05, 4.69) is 104 Å². The molecule has 0 heterocycles. The molecule has 0 rings (SSSR count). The van der Waals surface area contributed by atoms with Crippen LogP contribution in [0.25, 0.3) is 0 Å². The van der Waals surface area contributed by atoms with Crippen LogP contribution in [0.15, 0.2) is 0 Å². The van der Waals surface area contributed by atoms with Crippen molar-refractivity contribution in [3.63, 3.8) is 0 Å². The zero-order valence-electron chi connectivity index (χ0n) is 30.1. The molecule has 0 saturated heterocycles. The van der Waals surface area contributed by atoms with Crippen LogP contribution in [0.2, 0.25) is 0 Å². The Hall–Kier alpha value is -0.690. The topological polar surface area (TPSA) is 63.2 Å². The van der Waals surface area contributed by atoms with E-state index >= 15 is 0 Å². The minimum atomic E-state index is -0.377. The van der Waals surface area contributed by atoms with Crippen molar-refractivity contribution in [2.24, 2.45) is 28.6 Å². The number of rotatable bonds is 22. The minimum Gasteiger partial charge on any atom is -0.463 e. The zero-order valence-corrected chi connectivity index (χ0v) is 30.1. The van der Waals surface area contributed by atoms with Crippen molar-refractivity contribution < 1.29 is 28.5 Å². The van der Waals surface area contributed by atoms with Crippen molar-refractivity contribution in [1.29, 1.82) is 0 Å². The lowest BCUT2D eigenvalue weighted by Gasteiger charge is -2.48. The summed E-state index contributed by atoms with van der Waals surface area (Å²) >= 11 is 0. The number of hydrogen-bond acceptors (Lipinski definition) is 6. The van der Waals surface area contributed by atoms with Crippen molar-refractivity contribution in [3.05, 3.63) is 0 Å². The summed E-state index contributed by atoms with van der Waals surface area (Å²) in [4.78, 5) is 12.4. The lowest BCUT2D eigenvalue weighted by molar-refractivity contribution is -0.166. The molecule has 0 spiro atoms. The molecule has 0 aliphatic carbocycles. The van der Waals surface area contributed by atoms with E-state index < -0.39 is 0 Å². The number of hydrogen-bond donors (Lipinski definition) is 0. The predicted molar refractivity (Wildman–Crippen MR) is 171 cm³/mol. The van der Waals surface area contributed by atoms with E-state index in [1.54, 1.807) is 0 Å². The van der Waals surface area contributed by atoms with Gasteiger partial charge in [-0.2, -0.15) is 0 Å². The molecule has 0 aliphatic rings. The Bertz CT molecular complexity index is 735. The third-order valence-electron chi connectivity index (χ3n) is 9.86. The van der Waals surface area contributed by atoms with E-state index in [0.29, 0.717) is 25.7 Å². The normalized spacial score (nSPS) is 15.5. The van der Waals surface area contributed by atoms with Crippen LogP contribution in [0.5, 0.6) is 0 Å². The van der Waals surface area contributed by atoms with E-state index in [0.717, 1.165) is 32.3 Å². The number of esters is 1. The molecule has 0 N–H and O–H groups in total. The highest BCUT2D eigenvalue weighted by molar-refractivity contribution is 5.72. The molecule has 0 radical (unpaired) electrons. The van der Waals surface area contributed by atoms with Crippen LogP contribution in [-0.4, -0.2) is 61.9 Å². The van der Waals surface area contributed by atoms with Gasteiger partial charge in [0.15, 0.2) is 0 Å². The third-order valence-corrected chi connectivity index (χ3v) is 9.86. The summed E-state index contributed by atoms with van der Waals surface area (Å²) in [6.07, 6.45) is 3.60. The fourth-order valence-electron chi connectivity index (χ4n) is 4.57. The standard InChI is InChI=1S/C35H70O6/c1-17-29(24-26(2)3)30(36)38-22-23-39-32(9,10)19-21-40-35(15,16)33(11,12)28(6)25-41-34(13,14)31(7,8)18-20-37-27(4)5/h26-29H,17-25H2,1-16H3. The van der Waals surface area contributed by atoms with Gasteiger partial charge in [0.2, 0.25) is 0 Å². The first-order valence-corrected chi connectivity index (χ1v) is 16.2. The Morgan fingerprint density at radius 3 is 1.78 bits per heavy atom. The van der Waals surface area contributed by atoms with E-state index in [9.17, 15) is 4.79 Å². The molecule has 41 heavy (non-hydrogen) atoms. The molecule has 6 heteroatoms. The Labute approximate surface area is 255 Å². The Morgan fingerprint density at radius 1 is 0.683 bits per heavy atom. The van der Waals surface area contributed by atoms with Gasteiger partial charge in [-0.25, -0.2) is 0 Å². The minimum absolute atomic E-state index is 0.0204. The average Bonchev–Trinajstić information content (AvgIpc) is 2.82. The molecule has 0 amide bonds. The van der Waals surface area contributed by atoms with Gasteiger partial charge in [0, 0.05) is 6.61 Å². The molecule has 0 aromatic rings. The SMILES string of the molecule is CCC(CC(C)C)C(=O)OCCOC(C)(C)CCOC(C)(C)C(C)(C)C(C)COC(C)(C)C(C)(C)CCOC(C)C. The lowest BCUT2D eigenvalue weighted by Crippen LogP contribution is -2.49. The Kier molecular flexibility index (Phi) is 16.7. The highest BCUT2D eigenvalue weighted by Crippen LogP contribution is 2.43. The second-order valence-electron chi connectivity index (χ2n) is 15.6. The van der Waals surface area contributed by atoms with Gasteiger partial charge in [0.25, 0.3) is 0 Å². The first kappa shape index (κ1) is 40.3. The van der Waals surface area contributed by atoms with Crippen LogP contribution >= 0.6 is 0 Å². The number of ether oxygens (including phenoxy) is 5. The van der Waals surface area contributed by atoms with Crippen LogP contribution < -0.4 is 0 Å². The van der Waals surface area contributed by atoms with Gasteiger partial charge in [-0.05, 0) is 104 Å². The van der Waals surface area contributed by atoms with Crippen LogP contribution in [0.1, 0.15) is 136 Å². The van der Waals surface area contributed by atoms with Gasteiger partial charge < -0.3 is 23.7 Å². The van der Waals surface area contributed by atoms with Crippen molar-refractivity contribution >= 4 is 5.97 Å². The summed E-state index contributed by atoms with van der Waals surface area (Å²) in [6.45, 7) is 37.3. The Balaban J connectivity index is 4.80. The van der Waals surface area contributed by atoms with Gasteiger partial charge in [-0.15, -0.1) is 0 Å². The summed E-state index contributed by atoms with van der Waals surface area (Å²) in [5.74, 6) is 0.615. The quantitative estimate of drug-likeness (QED) is 0.0932. The summed E-state index contributed by atoms with van der Waals surface area (Å²) in [5, 5.41) is 0. The maximum Gasteiger partial charge on any atom is 0.309 e. The third kappa shape index (κ3) is 14.1. The summed E-state index contributed by atoms with van der Waals surface area (Å²) in [5.41, 5.74) is -1.17. The molecule has 246 valence electrons. The number of carbonyl (C=O) groups excluding carboxylic acids is 1. The predicted octanol–water partition coefficient (Wildman–Crippen LogP) is 8.88. The van der Waals surface area contributed by atoms with Crippen molar-refractivity contribution in [1.82, 2.24) is 0 Å². The molecular weight excluding hydrogens is 516 g/mol.